The first-order valence-electron chi connectivity index (χ1n) is 3.13. The molecule has 3 aliphatic carbocycles. The van der Waals surface area contributed by atoms with E-state index in [2.05, 4.69) is 6.58 Å². The van der Waals surface area contributed by atoms with Gasteiger partial charge in [0.05, 0.1) is 6.07 Å². The molecular formula is C8H7N. The highest BCUT2D eigenvalue weighted by Gasteiger charge is 2.51. The Morgan fingerprint density at radius 2 is 2.33 bits per heavy atom. The molecule has 3 aliphatic rings. The SMILES string of the molecule is C=C1C2CC1C2=CC#N. The van der Waals surface area contributed by atoms with E-state index in [1.165, 1.54) is 17.6 Å². The number of hydrogen-bond acceptors (Lipinski definition) is 1. The summed E-state index contributed by atoms with van der Waals surface area (Å²) in [6.45, 7) is 3.87. The highest BCUT2D eigenvalue weighted by Crippen LogP contribution is 2.61. The van der Waals surface area contributed by atoms with E-state index < -0.39 is 0 Å². The van der Waals surface area contributed by atoms with Crippen molar-refractivity contribution >= 4 is 0 Å². The normalized spacial score (nSPS) is 36.3. The number of hydrogen-bond donors (Lipinski definition) is 0. The fourth-order valence-corrected chi connectivity index (χ4v) is 1.58. The molecule has 0 spiro atoms. The van der Waals surface area contributed by atoms with Gasteiger partial charge >= 0.3 is 0 Å². The van der Waals surface area contributed by atoms with Crippen molar-refractivity contribution in [3.8, 4) is 6.07 Å². The molecule has 3 saturated carbocycles. The standard InChI is InChI=1S/C8H7N/c1-5-7-4-8(5)6(7)2-3-9/h2,7-8H,1,4H2. The quantitative estimate of drug-likeness (QED) is 0.349. The molecule has 3 fully saturated rings. The van der Waals surface area contributed by atoms with E-state index in [1.54, 1.807) is 6.08 Å². The van der Waals surface area contributed by atoms with Crippen molar-refractivity contribution in [1.29, 1.82) is 5.26 Å². The van der Waals surface area contributed by atoms with Crippen LogP contribution in [0.15, 0.2) is 23.8 Å². The molecule has 1 nitrogen and oxygen atoms in total. The zero-order chi connectivity index (χ0) is 6.43. The molecule has 0 saturated heterocycles. The largest absolute Gasteiger partial charge is 0.193 e. The van der Waals surface area contributed by atoms with Crippen molar-refractivity contribution in [2.24, 2.45) is 11.8 Å². The van der Waals surface area contributed by atoms with Crippen LogP contribution in [-0.4, -0.2) is 0 Å². The molecule has 0 heterocycles. The third-order valence-electron chi connectivity index (χ3n) is 2.40. The van der Waals surface area contributed by atoms with Gasteiger partial charge in [0, 0.05) is 17.9 Å². The summed E-state index contributed by atoms with van der Waals surface area (Å²) >= 11 is 0. The van der Waals surface area contributed by atoms with Crippen LogP contribution in [0.3, 0.4) is 0 Å². The second-order valence-corrected chi connectivity index (χ2v) is 2.69. The minimum Gasteiger partial charge on any atom is -0.193 e. The van der Waals surface area contributed by atoms with E-state index in [0.717, 1.165) is 0 Å². The number of rotatable bonds is 0. The maximum Gasteiger partial charge on any atom is 0.0912 e. The third kappa shape index (κ3) is 0.357. The Morgan fingerprint density at radius 3 is 2.67 bits per heavy atom. The number of nitriles is 1. The third-order valence-corrected chi connectivity index (χ3v) is 2.40. The van der Waals surface area contributed by atoms with Gasteiger partial charge in [-0.15, -0.1) is 0 Å². The van der Waals surface area contributed by atoms with Crippen LogP contribution in [0.1, 0.15) is 6.42 Å². The van der Waals surface area contributed by atoms with Crippen molar-refractivity contribution in [2.75, 3.05) is 0 Å². The summed E-state index contributed by atoms with van der Waals surface area (Å²) in [6.07, 6.45) is 2.93. The Kier molecular flexibility index (Phi) is 0.681. The zero-order valence-electron chi connectivity index (χ0n) is 5.09. The lowest BCUT2D eigenvalue weighted by molar-refractivity contribution is 0.255. The molecule has 0 radical (unpaired) electrons. The van der Waals surface area contributed by atoms with E-state index in [0.29, 0.717) is 11.8 Å². The maximum absolute atomic E-state index is 8.27. The maximum atomic E-state index is 8.27. The molecule has 44 valence electrons. The van der Waals surface area contributed by atoms with Gasteiger partial charge in [-0.25, -0.2) is 0 Å². The lowest BCUT2D eigenvalue weighted by Crippen LogP contribution is -2.44. The summed E-state index contributed by atoms with van der Waals surface area (Å²) in [5, 5.41) is 8.27. The van der Waals surface area contributed by atoms with Gasteiger partial charge in [0.2, 0.25) is 0 Å². The average Bonchev–Trinajstić information content (AvgIpc) is 1.78. The summed E-state index contributed by atoms with van der Waals surface area (Å²) < 4.78 is 0. The van der Waals surface area contributed by atoms with Crippen LogP contribution in [0.2, 0.25) is 0 Å². The first-order chi connectivity index (χ1) is 4.34. The zero-order valence-corrected chi connectivity index (χ0v) is 5.09. The first kappa shape index (κ1) is 4.81. The van der Waals surface area contributed by atoms with Crippen LogP contribution in [0.5, 0.6) is 0 Å². The lowest BCUT2D eigenvalue weighted by Gasteiger charge is -2.55. The molecule has 1 heteroatoms. The Labute approximate surface area is 54.3 Å². The molecule has 0 amide bonds. The lowest BCUT2D eigenvalue weighted by atomic mass is 9.49. The average molecular weight is 117 g/mol. The Morgan fingerprint density at radius 1 is 1.67 bits per heavy atom. The van der Waals surface area contributed by atoms with Crippen LogP contribution < -0.4 is 0 Å². The van der Waals surface area contributed by atoms with Crippen molar-refractivity contribution in [1.82, 2.24) is 0 Å². The highest BCUT2D eigenvalue weighted by molar-refractivity contribution is 5.50. The molecule has 2 atom stereocenters. The number of nitrogens with zero attached hydrogens (tertiary/aromatic N) is 1. The molecule has 9 heavy (non-hydrogen) atoms. The molecule has 2 bridgehead atoms. The fraction of sp³-hybridized carbons (Fsp3) is 0.375. The monoisotopic (exact) mass is 117 g/mol. The van der Waals surface area contributed by atoms with Crippen molar-refractivity contribution in [3.63, 3.8) is 0 Å². The van der Waals surface area contributed by atoms with E-state index >= 15 is 0 Å². The van der Waals surface area contributed by atoms with E-state index in [-0.39, 0.29) is 0 Å². The second kappa shape index (κ2) is 1.27. The van der Waals surface area contributed by atoms with Crippen LogP contribution in [0, 0.1) is 23.2 Å². The van der Waals surface area contributed by atoms with Gasteiger partial charge in [-0.1, -0.05) is 12.2 Å². The predicted octanol–water partition coefficient (Wildman–Crippen LogP) is 1.64. The van der Waals surface area contributed by atoms with Gasteiger partial charge in [-0.05, 0) is 12.0 Å². The van der Waals surface area contributed by atoms with E-state index in [4.69, 9.17) is 5.26 Å². The number of allylic oxidation sites excluding steroid dienone is 3. The van der Waals surface area contributed by atoms with E-state index in [1.807, 2.05) is 6.07 Å². The Balaban J connectivity index is 2.21. The van der Waals surface area contributed by atoms with Gasteiger partial charge in [-0.3, -0.25) is 0 Å². The smallest absolute Gasteiger partial charge is 0.0912 e. The van der Waals surface area contributed by atoms with E-state index in [9.17, 15) is 0 Å². The minimum absolute atomic E-state index is 0.606. The molecule has 0 aromatic carbocycles. The first-order valence-corrected chi connectivity index (χ1v) is 3.13. The summed E-state index contributed by atoms with van der Waals surface area (Å²) in [7, 11) is 0. The molecule has 0 aromatic rings. The van der Waals surface area contributed by atoms with Crippen LogP contribution in [0.4, 0.5) is 0 Å². The fourth-order valence-electron chi connectivity index (χ4n) is 1.58. The minimum atomic E-state index is 0.606. The van der Waals surface area contributed by atoms with Crippen molar-refractivity contribution < 1.29 is 0 Å². The second-order valence-electron chi connectivity index (χ2n) is 2.69. The van der Waals surface area contributed by atoms with Gasteiger partial charge < -0.3 is 0 Å². The van der Waals surface area contributed by atoms with Crippen LogP contribution >= 0.6 is 0 Å². The molecule has 0 N–H and O–H groups in total. The molecule has 3 rings (SSSR count). The van der Waals surface area contributed by atoms with Crippen molar-refractivity contribution in [2.45, 2.75) is 6.42 Å². The summed E-state index contributed by atoms with van der Waals surface area (Å²) in [5.74, 6) is 1.21. The van der Waals surface area contributed by atoms with Crippen molar-refractivity contribution in [3.05, 3.63) is 23.8 Å². The van der Waals surface area contributed by atoms with Gasteiger partial charge in [0.25, 0.3) is 0 Å². The molecular weight excluding hydrogens is 110 g/mol. The summed E-state index contributed by atoms with van der Waals surface area (Å²) in [4.78, 5) is 0. The Bertz CT molecular complexity index is 228. The summed E-state index contributed by atoms with van der Waals surface area (Å²) in [5.41, 5.74) is 2.67. The Hall–Kier alpha value is -1.03. The van der Waals surface area contributed by atoms with Gasteiger partial charge in [-0.2, -0.15) is 5.26 Å². The van der Waals surface area contributed by atoms with Gasteiger partial charge in [0.1, 0.15) is 0 Å². The predicted molar refractivity (Wildman–Crippen MR) is 34.4 cm³/mol. The van der Waals surface area contributed by atoms with Crippen LogP contribution in [-0.2, 0) is 0 Å². The highest BCUT2D eigenvalue weighted by atomic mass is 14.5. The van der Waals surface area contributed by atoms with Gasteiger partial charge in [0.15, 0.2) is 0 Å². The van der Waals surface area contributed by atoms with Crippen LogP contribution in [0.25, 0.3) is 0 Å². The topological polar surface area (TPSA) is 23.8 Å². The molecule has 0 aromatic heterocycles. The summed E-state index contributed by atoms with van der Waals surface area (Å²) in [6, 6.07) is 2.05. The molecule has 2 unspecified atom stereocenters. The molecule has 0 aliphatic heterocycles.